The predicted octanol–water partition coefficient (Wildman–Crippen LogP) is 3.67. The normalized spacial score (nSPS) is 13.3. The van der Waals surface area contributed by atoms with Gasteiger partial charge in [-0.05, 0) is 67.5 Å². The molecule has 7 heteroatoms. The van der Waals surface area contributed by atoms with E-state index in [0.717, 1.165) is 42.4 Å². The van der Waals surface area contributed by atoms with Crippen molar-refractivity contribution in [2.75, 3.05) is 5.32 Å². The molecule has 0 bridgehead atoms. The van der Waals surface area contributed by atoms with Gasteiger partial charge in [0.25, 0.3) is 0 Å². The second kappa shape index (κ2) is 7.36. The number of carbonyl (C=O) groups is 1. The van der Waals surface area contributed by atoms with Gasteiger partial charge in [0.15, 0.2) is 0 Å². The SMILES string of the molecule is Cc1cc(/C=N/NC(=O)Nc2sc3c(c2C#N)CCCC3)ccc1O. The largest absolute Gasteiger partial charge is 0.508 e. The maximum Gasteiger partial charge on any atom is 0.340 e. The minimum atomic E-state index is -0.484. The summed E-state index contributed by atoms with van der Waals surface area (Å²) in [5.41, 5.74) is 5.55. The van der Waals surface area contributed by atoms with Crippen molar-refractivity contribution in [3.63, 3.8) is 0 Å². The summed E-state index contributed by atoms with van der Waals surface area (Å²) in [4.78, 5) is 13.2. The number of rotatable bonds is 3. The highest BCUT2D eigenvalue weighted by Crippen LogP contribution is 2.37. The Kier molecular flexibility index (Phi) is 5.00. The Bertz CT molecular complexity index is 880. The van der Waals surface area contributed by atoms with E-state index in [2.05, 4.69) is 21.9 Å². The van der Waals surface area contributed by atoms with Gasteiger partial charge in [-0.25, -0.2) is 10.2 Å². The van der Waals surface area contributed by atoms with E-state index in [-0.39, 0.29) is 5.75 Å². The molecule has 0 saturated carbocycles. The lowest BCUT2D eigenvalue weighted by molar-refractivity contribution is 0.252. The van der Waals surface area contributed by atoms with E-state index < -0.39 is 6.03 Å². The third-order valence-corrected chi connectivity index (χ3v) is 5.32. The molecular weight excluding hydrogens is 336 g/mol. The maximum absolute atomic E-state index is 12.0. The molecule has 0 atom stereocenters. The molecule has 3 rings (SSSR count). The van der Waals surface area contributed by atoms with Gasteiger partial charge >= 0.3 is 6.03 Å². The number of hydrogen-bond donors (Lipinski definition) is 3. The lowest BCUT2D eigenvalue weighted by Gasteiger charge is -2.09. The molecule has 1 heterocycles. The lowest BCUT2D eigenvalue weighted by Crippen LogP contribution is -2.24. The van der Waals surface area contributed by atoms with Crippen molar-refractivity contribution in [1.82, 2.24) is 5.43 Å². The van der Waals surface area contributed by atoms with Crippen LogP contribution in [0.2, 0.25) is 0 Å². The second-order valence-electron chi connectivity index (χ2n) is 5.90. The maximum atomic E-state index is 12.0. The van der Waals surface area contributed by atoms with Gasteiger partial charge in [-0.2, -0.15) is 10.4 Å². The molecule has 0 fully saturated rings. The van der Waals surface area contributed by atoms with E-state index >= 15 is 0 Å². The Morgan fingerprint density at radius 3 is 2.96 bits per heavy atom. The number of phenols is 1. The van der Waals surface area contributed by atoms with Crippen molar-refractivity contribution in [2.24, 2.45) is 5.10 Å². The zero-order chi connectivity index (χ0) is 17.8. The van der Waals surface area contributed by atoms with Gasteiger partial charge in [0.1, 0.15) is 16.8 Å². The number of nitriles is 1. The predicted molar refractivity (Wildman–Crippen MR) is 98.3 cm³/mol. The van der Waals surface area contributed by atoms with Gasteiger partial charge in [0.05, 0.1) is 11.8 Å². The fourth-order valence-corrected chi connectivity index (χ4v) is 4.06. The van der Waals surface area contributed by atoms with Gasteiger partial charge < -0.3 is 5.11 Å². The van der Waals surface area contributed by atoms with Crippen LogP contribution in [0, 0.1) is 18.3 Å². The highest BCUT2D eigenvalue weighted by Gasteiger charge is 2.21. The third-order valence-electron chi connectivity index (χ3n) is 4.11. The Hall–Kier alpha value is -2.85. The number of carbonyl (C=O) groups excluding carboxylic acids is 1. The van der Waals surface area contributed by atoms with Crippen LogP contribution < -0.4 is 10.7 Å². The summed E-state index contributed by atoms with van der Waals surface area (Å²) in [7, 11) is 0. The monoisotopic (exact) mass is 354 g/mol. The van der Waals surface area contributed by atoms with Crippen LogP contribution in [0.25, 0.3) is 0 Å². The number of fused-ring (bicyclic) bond motifs is 1. The molecule has 0 aliphatic heterocycles. The van der Waals surface area contributed by atoms with E-state index in [1.54, 1.807) is 25.1 Å². The van der Waals surface area contributed by atoms with Crippen LogP contribution in [0.5, 0.6) is 5.75 Å². The number of amides is 2. The molecule has 0 unspecified atom stereocenters. The molecule has 6 nitrogen and oxygen atoms in total. The van der Waals surface area contributed by atoms with Crippen LogP contribution in [-0.4, -0.2) is 17.4 Å². The molecule has 2 aromatic rings. The first-order valence-corrected chi connectivity index (χ1v) is 8.84. The Morgan fingerprint density at radius 2 is 2.20 bits per heavy atom. The molecule has 0 saturated heterocycles. The molecule has 3 N–H and O–H groups in total. The zero-order valence-electron chi connectivity index (χ0n) is 13.8. The smallest absolute Gasteiger partial charge is 0.340 e. The molecule has 2 amide bonds. The number of hydrogen-bond acceptors (Lipinski definition) is 5. The number of phenolic OH excluding ortho intramolecular Hbond substituents is 1. The van der Waals surface area contributed by atoms with Gasteiger partial charge in [-0.15, -0.1) is 11.3 Å². The van der Waals surface area contributed by atoms with Crippen LogP contribution in [0.3, 0.4) is 0 Å². The summed E-state index contributed by atoms with van der Waals surface area (Å²) in [6.07, 6.45) is 5.57. The summed E-state index contributed by atoms with van der Waals surface area (Å²) in [5, 5.41) is 26.1. The Labute approximate surface area is 149 Å². The quantitative estimate of drug-likeness (QED) is 0.579. The zero-order valence-corrected chi connectivity index (χ0v) is 14.6. The highest BCUT2D eigenvalue weighted by molar-refractivity contribution is 7.16. The summed E-state index contributed by atoms with van der Waals surface area (Å²) in [6.45, 7) is 1.79. The average molecular weight is 354 g/mol. The van der Waals surface area contributed by atoms with Crippen LogP contribution >= 0.6 is 11.3 Å². The van der Waals surface area contributed by atoms with Gasteiger partial charge in [-0.1, -0.05) is 0 Å². The summed E-state index contributed by atoms with van der Waals surface area (Å²) in [6, 6.07) is 6.76. The number of nitrogens with zero attached hydrogens (tertiary/aromatic N) is 2. The number of hydrazone groups is 1. The lowest BCUT2D eigenvalue weighted by atomic mass is 9.96. The Balaban J connectivity index is 1.65. The molecule has 0 spiro atoms. The van der Waals surface area contributed by atoms with Crippen LogP contribution in [0.15, 0.2) is 23.3 Å². The molecular formula is C18H18N4O2S. The number of nitrogens with one attached hydrogen (secondary N) is 2. The van der Waals surface area contributed by atoms with Gasteiger partial charge in [0.2, 0.25) is 0 Å². The summed E-state index contributed by atoms with van der Waals surface area (Å²) >= 11 is 1.47. The van der Waals surface area contributed by atoms with E-state index in [4.69, 9.17) is 0 Å². The van der Waals surface area contributed by atoms with Crippen molar-refractivity contribution in [1.29, 1.82) is 5.26 Å². The minimum absolute atomic E-state index is 0.216. The van der Waals surface area contributed by atoms with Crippen molar-refractivity contribution >= 4 is 28.6 Å². The molecule has 1 aliphatic carbocycles. The van der Waals surface area contributed by atoms with E-state index in [9.17, 15) is 15.2 Å². The number of urea groups is 1. The number of anilines is 1. The number of benzene rings is 1. The first kappa shape index (κ1) is 17.0. The van der Waals surface area contributed by atoms with E-state index in [1.807, 2.05) is 0 Å². The molecule has 1 aromatic heterocycles. The van der Waals surface area contributed by atoms with Crippen molar-refractivity contribution < 1.29 is 9.90 Å². The molecule has 1 aliphatic rings. The van der Waals surface area contributed by atoms with Gasteiger partial charge in [-0.3, -0.25) is 5.32 Å². The molecule has 128 valence electrons. The van der Waals surface area contributed by atoms with Crippen molar-refractivity contribution in [3.05, 3.63) is 45.3 Å². The van der Waals surface area contributed by atoms with Crippen LogP contribution in [-0.2, 0) is 12.8 Å². The first-order valence-electron chi connectivity index (χ1n) is 8.03. The summed E-state index contributed by atoms with van der Waals surface area (Å²) < 4.78 is 0. The standard InChI is InChI=1S/C18H18N4O2S/c1-11-8-12(6-7-15(11)23)10-20-22-18(24)21-17-14(9-19)13-4-2-3-5-16(13)25-17/h6-8,10,23H,2-5H2,1H3,(H2,21,22,24)/b20-10+. The van der Waals surface area contributed by atoms with Crippen molar-refractivity contribution in [2.45, 2.75) is 32.6 Å². The van der Waals surface area contributed by atoms with Crippen LogP contribution in [0.4, 0.5) is 9.80 Å². The average Bonchev–Trinajstić information content (AvgIpc) is 2.95. The third kappa shape index (κ3) is 3.80. The summed E-state index contributed by atoms with van der Waals surface area (Å²) in [5.74, 6) is 0.216. The van der Waals surface area contributed by atoms with Crippen LogP contribution in [0.1, 0.15) is 40.0 Å². The van der Waals surface area contributed by atoms with Gasteiger partial charge in [0, 0.05) is 4.88 Å². The number of thiophene rings is 1. The topological polar surface area (TPSA) is 97.5 Å². The number of aryl methyl sites for hydroxylation is 2. The Morgan fingerprint density at radius 1 is 1.40 bits per heavy atom. The molecule has 1 aromatic carbocycles. The van der Waals surface area contributed by atoms with E-state index in [1.165, 1.54) is 22.4 Å². The molecule has 0 radical (unpaired) electrons. The van der Waals surface area contributed by atoms with E-state index in [0.29, 0.717) is 10.6 Å². The fourth-order valence-electron chi connectivity index (χ4n) is 2.83. The van der Waals surface area contributed by atoms with Crippen molar-refractivity contribution in [3.8, 4) is 11.8 Å². The minimum Gasteiger partial charge on any atom is -0.508 e. The number of aromatic hydroxyl groups is 1. The second-order valence-corrected chi connectivity index (χ2v) is 7.00. The first-order chi connectivity index (χ1) is 12.1. The fraction of sp³-hybridized carbons (Fsp3) is 0.278. The molecule has 25 heavy (non-hydrogen) atoms. The highest BCUT2D eigenvalue weighted by atomic mass is 32.1.